The Kier molecular flexibility index (Phi) is 5.26. The van der Waals surface area contributed by atoms with Crippen molar-refractivity contribution >= 4 is 15.9 Å². The molecule has 1 saturated heterocycles. The fourth-order valence-electron chi connectivity index (χ4n) is 2.73. The third-order valence-corrected chi connectivity index (χ3v) is 5.33. The summed E-state index contributed by atoms with van der Waals surface area (Å²) in [5, 5.41) is 21.0. The Morgan fingerprint density at radius 1 is 1.37 bits per heavy atom. The van der Waals surface area contributed by atoms with E-state index in [2.05, 4.69) is 15.4 Å². The first-order chi connectivity index (χ1) is 12.7. The van der Waals surface area contributed by atoms with Crippen molar-refractivity contribution in [3.05, 3.63) is 29.8 Å². The highest BCUT2D eigenvalue weighted by molar-refractivity contribution is 7.90. The van der Waals surface area contributed by atoms with Gasteiger partial charge < -0.3 is 14.7 Å². The SMILES string of the molecule is CS(=O)(=O)c1ccc(OCc2nnn(C3CCN(C(=O)O)CC3)n2)c(F)c1. The second kappa shape index (κ2) is 7.47. The average Bonchev–Trinajstić information content (AvgIpc) is 3.09. The number of carboxylic acid groups (broad SMARTS) is 1. The molecule has 1 aromatic carbocycles. The first-order valence-electron chi connectivity index (χ1n) is 8.12. The van der Waals surface area contributed by atoms with Crippen molar-refractivity contribution in [1.29, 1.82) is 0 Å². The minimum absolute atomic E-state index is 0.0624. The van der Waals surface area contributed by atoms with Crippen LogP contribution >= 0.6 is 0 Å². The number of piperidine rings is 1. The number of sulfone groups is 1. The number of amides is 1. The van der Waals surface area contributed by atoms with Crippen LogP contribution in [0.1, 0.15) is 24.7 Å². The van der Waals surface area contributed by atoms with Crippen LogP contribution in [0.15, 0.2) is 23.1 Å². The molecule has 0 atom stereocenters. The van der Waals surface area contributed by atoms with Crippen molar-refractivity contribution < 1.29 is 27.4 Å². The molecule has 1 fully saturated rings. The second-order valence-electron chi connectivity index (χ2n) is 6.18. The highest BCUT2D eigenvalue weighted by Gasteiger charge is 2.25. The van der Waals surface area contributed by atoms with E-state index in [4.69, 9.17) is 9.84 Å². The standard InChI is InChI=1S/C15H18FN5O5S/c1-27(24,25)11-2-3-13(12(16)8-11)26-9-14-17-19-21(18-14)10-4-6-20(7-5-10)15(22)23/h2-3,8,10H,4-7,9H2,1H3,(H,22,23). The van der Waals surface area contributed by atoms with Gasteiger partial charge in [0.1, 0.15) is 0 Å². The van der Waals surface area contributed by atoms with E-state index in [1.165, 1.54) is 21.8 Å². The molecule has 1 aliphatic heterocycles. The topological polar surface area (TPSA) is 128 Å². The molecule has 0 bridgehead atoms. The lowest BCUT2D eigenvalue weighted by Gasteiger charge is -2.28. The normalized spacial score (nSPS) is 15.7. The van der Waals surface area contributed by atoms with Crippen LogP contribution in [0.4, 0.5) is 9.18 Å². The Morgan fingerprint density at radius 2 is 2.07 bits per heavy atom. The number of hydrogen-bond donors (Lipinski definition) is 1. The number of hydrogen-bond acceptors (Lipinski definition) is 7. The van der Waals surface area contributed by atoms with Gasteiger partial charge >= 0.3 is 6.09 Å². The molecular weight excluding hydrogens is 381 g/mol. The highest BCUT2D eigenvalue weighted by Crippen LogP contribution is 2.23. The number of carbonyl (C=O) groups is 1. The molecule has 1 amide bonds. The molecule has 146 valence electrons. The van der Waals surface area contributed by atoms with Gasteiger partial charge in [-0.15, -0.1) is 10.2 Å². The van der Waals surface area contributed by atoms with Gasteiger partial charge in [-0.1, -0.05) is 0 Å². The predicted octanol–water partition coefficient (Wildman–Crippen LogP) is 1.11. The van der Waals surface area contributed by atoms with Crippen molar-refractivity contribution in [2.75, 3.05) is 19.3 Å². The first kappa shape index (κ1) is 19.0. The maximum Gasteiger partial charge on any atom is 0.407 e. The Bertz CT molecular complexity index is 940. The molecule has 0 aliphatic carbocycles. The fourth-order valence-corrected chi connectivity index (χ4v) is 3.36. The van der Waals surface area contributed by atoms with Crippen LogP contribution in [0.3, 0.4) is 0 Å². The molecule has 0 saturated carbocycles. The molecule has 1 N–H and O–H groups in total. The number of tetrazole rings is 1. The average molecular weight is 399 g/mol. The molecule has 1 aliphatic rings. The molecule has 2 heterocycles. The minimum Gasteiger partial charge on any atom is -0.482 e. The molecule has 0 radical (unpaired) electrons. The maximum absolute atomic E-state index is 14.0. The van der Waals surface area contributed by atoms with E-state index < -0.39 is 21.7 Å². The summed E-state index contributed by atoms with van der Waals surface area (Å²) >= 11 is 0. The Balaban J connectivity index is 1.60. The van der Waals surface area contributed by atoms with Crippen molar-refractivity contribution in [1.82, 2.24) is 25.1 Å². The van der Waals surface area contributed by atoms with Gasteiger partial charge in [0.25, 0.3) is 0 Å². The smallest absolute Gasteiger partial charge is 0.407 e. The van der Waals surface area contributed by atoms with Crippen LogP contribution in [0.25, 0.3) is 0 Å². The molecule has 0 spiro atoms. The number of ether oxygens (including phenoxy) is 1. The van der Waals surface area contributed by atoms with Gasteiger partial charge in [-0.3, -0.25) is 0 Å². The Labute approximate surface area is 154 Å². The minimum atomic E-state index is -3.50. The molecular formula is C15H18FN5O5S. The quantitative estimate of drug-likeness (QED) is 0.792. The lowest BCUT2D eigenvalue weighted by Crippen LogP contribution is -2.38. The van der Waals surface area contributed by atoms with Crippen LogP contribution in [-0.4, -0.2) is 64.1 Å². The van der Waals surface area contributed by atoms with Crippen LogP contribution < -0.4 is 4.74 Å². The van der Waals surface area contributed by atoms with E-state index in [-0.39, 0.29) is 29.1 Å². The van der Waals surface area contributed by atoms with Crippen molar-refractivity contribution in [3.63, 3.8) is 0 Å². The summed E-state index contributed by atoms with van der Waals surface area (Å²) in [6, 6.07) is 3.32. The molecule has 1 aromatic heterocycles. The summed E-state index contributed by atoms with van der Waals surface area (Å²) in [6.45, 7) is 0.652. The zero-order valence-corrected chi connectivity index (χ0v) is 15.3. The van der Waals surface area contributed by atoms with Crippen molar-refractivity contribution in [2.24, 2.45) is 0 Å². The van der Waals surface area contributed by atoms with Gasteiger partial charge in [0.2, 0.25) is 5.82 Å². The van der Waals surface area contributed by atoms with E-state index >= 15 is 0 Å². The molecule has 10 nitrogen and oxygen atoms in total. The zero-order chi connectivity index (χ0) is 19.6. The molecule has 12 heteroatoms. The highest BCUT2D eigenvalue weighted by atomic mass is 32.2. The monoisotopic (exact) mass is 399 g/mol. The van der Waals surface area contributed by atoms with E-state index in [9.17, 15) is 17.6 Å². The van der Waals surface area contributed by atoms with Crippen LogP contribution in [-0.2, 0) is 16.4 Å². The molecule has 2 aromatic rings. The summed E-state index contributed by atoms with van der Waals surface area (Å²) < 4.78 is 42.1. The lowest BCUT2D eigenvalue weighted by molar-refractivity contribution is 0.121. The largest absolute Gasteiger partial charge is 0.482 e. The molecule has 3 rings (SSSR count). The fraction of sp³-hybridized carbons (Fsp3) is 0.467. The summed E-state index contributed by atoms with van der Waals surface area (Å²) in [4.78, 5) is 13.5. The number of likely N-dealkylation sites (tertiary alicyclic amines) is 1. The Morgan fingerprint density at radius 3 is 2.67 bits per heavy atom. The maximum atomic E-state index is 14.0. The number of benzene rings is 1. The molecule has 0 unspecified atom stereocenters. The van der Waals surface area contributed by atoms with Crippen LogP contribution in [0, 0.1) is 5.82 Å². The van der Waals surface area contributed by atoms with Gasteiger partial charge in [-0.05, 0) is 36.3 Å². The summed E-state index contributed by atoms with van der Waals surface area (Å²) in [5.41, 5.74) is 0. The summed E-state index contributed by atoms with van der Waals surface area (Å²) in [5.74, 6) is -0.679. The second-order valence-corrected chi connectivity index (χ2v) is 8.20. The summed E-state index contributed by atoms with van der Waals surface area (Å²) in [7, 11) is -3.50. The van der Waals surface area contributed by atoms with Crippen LogP contribution in [0.5, 0.6) is 5.75 Å². The zero-order valence-electron chi connectivity index (χ0n) is 14.4. The van der Waals surface area contributed by atoms with Crippen molar-refractivity contribution in [2.45, 2.75) is 30.4 Å². The van der Waals surface area contributed by atoms with Crippen LogP contribution in [0.2, 0.25) is 0 Å². The Hall–Kier alpha value is -2.76. The lowest BCUT2D eigenvalue weighted by atomic mass is 10.1. The number of aromatic nitrogens is 4. The van der Waals surface area contributed by atoms with Gasteiger partial charge in [-0.2, -0.15) is 4.80 Å². The summed E-state index contributed by atoms with van der Waals surface area (Å²) in [6.07, 6.45) is 1.19. The predicted molar refractivity (Wildman–Crippen MR) is 89.5 cm³/mol. The third kappa shape index (κ3) is 4.51. The van der Waals surface area contributed by atoms with Gasteiger partial charge in [-0.25, -0.2) is 17.6 Å². The number of nitrogens with zero attached hydrogens (tertiary/aromatic N) is 5. The first-order valence-corrected chi connectivity index (χ1v) is 10.0. The van der Waals surface area contributed by atoms with Gasteiger partial charge in [0, 0.05) is 19.3 Å². The van der Waals surface area contributed by atoms with E-state index in [0.29, 0.717) is 25.9 Å². The van der Waals surface area contributed by atoms with E-state index in [1.54, 1.807) is 0 Å². The van der Waals surface area contributed by atoms with Gasteiger partial charge in [0.15, 0.2) is 28.0 Å². The van der Waals surface area contributed by atoms with E-state index in [1.807, 2.05) is 0 Å². The number of halogens is 1. The van der Waals surface area contributed by atoms with Gasteiger partial charge in [0.05, 0.1) is 10.9 Å². The number of rotatable bonds is 5. The van der Waals surface area contributed by atoms with Crippen molar-refractivity contribution in [3.8, 4) is 5.75 Å². The molecule has 27 heavy (non-hydrogen) atoms. The van der Waals surface area contributed by atoms with E-state index in [0.717, 1.165) is 12.3 Å². The third-order valence-electron chi connectivity index (χ3n) is 4.22.